The summed E-state index contributed by atoms with van der Waals surface area (Å²) in [4.78, 5) is 46.7. The molecule has 0 aromatic carbocycles. The number of amides is 3. The van der Waals surface area contributed by atoms with Crippen molar-refractivity contribution in [2.45, 2.75) is 33.1 Å². The van der Waals surface area contributed by atoms with Gasteiger partial charge in [-0.05, 0) is 5.92 Å². The minimum Gasteiger partial charge on any atom is -0.379 e. The minimum absolute atomic E-state index is 0.0939. The monoisotopic (exact) mass is 312 g/mol. The molecular weight excluding hydrogens is 288 g/mol. The summed E-state index contributed by atoms with van der Waals surface area (Å²) in [5.74, 6) is -0.744. The summed E-state index contributed by atoms with van der Waals surface area (Å²) in [6.07, 6.45) is 1.44. The molecule has 1 rings (SSSR count). The van der Waals surface area contributed by atoms with Gasteiger partial charge in [0.15, 0.2) is 0 Å². The summed E-state index contributed by atoms with van der Waals surface area (Å²) in [7, 11) is 0. The SMILES string of the molecule is CC(C)C1CC(=O)N(CCC(=O)NCCOCCC=O)C1=O. The van der Waals surface area contributed by atoms with E-state index in [1.165, 1.54) is 4.90 Å². The van der Waals surface area contributed by atoms with Crippen LogP contribution >= 0.6 is 0 Å². The van der Waals surface area contributed by atoms with Gasteiger partial charge in [0, 0.05) is 38.3 Å². The lowest BCUT2D eigenvalue weighted by Crippen LogP contribution is -2.36. The zero-order valence-electron chi connectivity index (χ0n) is 13.2. The molecule has 1 atom stereocenters. The molecule has 0 aromatic rings. The molecule has 1 fully saturated rings. The molecule has 124 valence electrons. The van der Waals surface area contributed by atoms with Crippen molar-refractivity contribution in [3.05, 3.63) is 0 Å². The third-order valence-electron chi connectivity index (χ3n) is 3.59. The van der Waals surface area contributed by atoms with Gasteiger partial charge < -0.3 is 14.8 Å². The van der Waals surface area contributed by atoms with Gasteiger partial charge in [-0.3, -0.25) is 19.3 Å². The summed E-state index contributed by atoms with van der Waals surface area (Å²) >= 11 is 0. The molecule has 7 nitrogen and oxygen atoms in total. The number of imide groups is 1. The Hall–Kier alpha value is -1.76. The molecule has 7 heteroatoms. The Morgan fingerprint density at radius 2 is 2.14 bits per heavy atom. The highest BCUT2D eigenvalue weighted by Crippen LogP contribution is 2.26. The Bertz CT molecular complexity index is 422. The Balaban J connectivity index is 2.22. The molecule has 1 heterocycles. The molecular formula is C15H24N2O5. The maximum atomic E-state index is 12.1. The van der Waals surface area contributed by atoms with Gasteiger partial charge >= 0.3 is 0 Å². The molecule has 1 aliphatic rings. The first kappa shape index (κ1) is 18.3. The van der Waals surface area contributed by atoms with E-state index in [1.54, 1.807) is 0 Å². The number of nitrogens with one attached hydrogen (secondary N) is 1. The molecule has 22 heavy (non-hydrogen) atoms. The fraction of sp³-hybridized carbons (Fsp3) is 0.733. The largest absolute Gasteiger partial charge is 0.379 e. The highest BCUT2D eigenvalue weighted by atomic mass is 16.5. The first-order chi connectivity index (χ1) is 10.5. The first-order valence-corrected chi connectivity index (χ1v) is 7.59. The predicted molar refractivity (Wildman–Crippen MR) is 78.8 cm³/mol. The number of aldehydes is 1. The van der Waals surface area contributed by atoms with Crippen LogP contribution in [0.25, 0.3) is 0 Å². The first-order valence-electron chi connectivity index (χ1n) is 7.59. The van der Waals surface area contributed by atoms with Crippen LogP contribution in [-0.4, -0.2) is 55.2 Å². The van der Waals surface area contributed by atoms with Gasteiger partial charge in [0.25, 0.3) is 0 Å². The molecule has 1 N–H and O–H groups in total. The van der Waals surface area contributed by atoms with E-state index in [1.807, 2.05) is 13.8 Å². The van der Waals surface area contributed by atoms with Gasteiger partial charge in [-0.2, -0.15) is 0 Å². The summed E-state index contributed by atoms with van der Waals surface area (Å²) in [5, 5.41) is 2.65. The molecule has 0 aromatic heterocycles. The van der Waals surface area contributed by atoms with Crippen molar-refractivity contribution in [2.75, 3.05) is 26.3 Å². The van der Waals surface area contributed by atoms with Crippen LogP contribution in [0.5, 0.6) is 0 Å². The Labute approximate surface area is 130 Å². The molecule has 0 radical (unpaired) electrons. The zero-order chi connectivity index (χ0) is 16.5. The van der Waals surface area contributed by atoms with Gasteiger partial charge in [-0.25, -0.2) is 0 Å². The van der Waals surface area contributed by atoms with Crippen LogP contribution in [0, 0.1) is 11.8 Å². The standard InChI is InChI=1S/C15H24N2O5/c1-11(2)12-10-14(20)17(15(12)21)6-4-13(19)16-5-9-22-8-3-7-18/h7,11-12H,3-6,8-10H2,1-2H3,(H,16,19). The molecule has 3 amide bonds. The van der Waals surface area contributed by atoms with Crippen LogP contribution in [0.2, 0.25) is 0 Å². The lowest BCUT2D eigenvalue weighted by atomic mass is 9.94. The maximum absolute atomic E-state index is 12.1. The summed E-state index contributed by atoms with van der Waals surface area (Å²) in [6, 6.07) is 0. The van der Waals surface area contributed by atoms with Crippen LogP contribution < -0.4 is 5.32 Å². The molecule has 0 saturated carbocycles. The fourth-order valence-corrected chi connectivity index (χ4v) is 2.26. The summed E-state index contributed by atoms with van der Waals surface area (Å²) in [5.41, 5.74) is 0. The predicted octanol–water partition coefficient (Wildman–Crippen LogP) is 0.129. The average Bonchev–Trinajstić information content (AvgIpc) is 2.76. The number of hydrogen-bond acceptors (Lipinski definition) is 5. The second kappa shape index (κ2) is 9.30. The third kappa shape index (κ3) is 5.55. The van der Waals surface area contributed by atoms with Crippen molar-refractivity contribution in [3.63, 3.8) is 0 Å². The van der Waals surface area contributed by atoms with Gasteiger partial charge in [0.05, 0.1) is 13.2 Å². The van der Waals surface area contributed by atoms with E-state index in [4.69, 9.17) is 4.74 Å². The van der Waals surface area contributed by atoms with Crippen LogP contribution in [0.15, 0.2) is 0 Å². The van der Waals surface area contributed by atoms with Crippen molar-refractivity contribution in [1.29, 1.82) is 0 Å². The summed E-state index contributed by atoms with van der Waals surface area (Å²) < 4.78 is 5.11. The van der Waals surface area contributed by atoms with E-state index in [2.05, 4.69) is 5.32 Å². The van der Waals surface area contributed by atoms with Crippen molar-refractivity contribution in [3.8, 4) is 0 Å². The average molecular weight is 312 g/mol. The second-order valence-electron chi connectivity index (χ2n) is 5.61. The van der Waals surface area contributed by atoms with Gasteiger partial charge in [0.2, 0.25) is 17.7 Å². The van der Waals surface area contributed by atoms with E-state index in [-0.39, 0.29) is 48.9 Å². The van der Waals surface area contributed by atoms with E-state index >= 15 is 0 Å². The van der Waals surface area contributed by atoms with E-state index in [9.17, 15) is 19.2 Å². The van der Waals surface area contributed by atoms with Crippen molar-refractivity contribution >= 4 is 24.0 Å². The van der Waals surface area contributed by atoms with Crippen LogP contribution in [0.1, 0.15) is 33.1 Å². The van der Waals surface area contributed by atoms with Crippen LogP contribution in [0.3, 0.4) is 0 Å². The van der Waals surface area contributed by atoms with E-state index in [0.29, 0.717) is 26.2 Å². The number of carbonyl (C=O) groups is 4. The topological polar surface area (TPSA) is 92.8 Å². The van der Waals surface area contributed by atoms with Crippen molar-refractivity contribution in [1.82, 2.24) is 10.2 Å². The third-order valence-corrected chi connectivity index (χ3v) is 3.59. The molecule has 0 bridgehead atoms. The van der Waals surface area contributed by atoms with E-state index in [0.717, 1.165) is 6.29 Å². The number of carbonyl (C=O) groups excluding carboxylic acids is 4. The molecule has 0 aliphatic carbocycles. The lowest BCUT2D eigenvalue weighted by molar-refractivity contribution is -0.140. The smallest absolute Gasteiger partial charge is 0.233 e. The van der Waals surface area contributed by atoms with Gasteiger partial charge in [-0.1, -0.05) is 13.8 Å². The number of ether oxygens (including phenoxy) is 1. The van der Waals surface area contributed by atoms with Crippen molar-refractivity contribution < 1.29 is 23.9 Å². The molecule has 1 aliphatic heterocycles. The molecule has 1 unspecified atom stereocenters. The Morgan fingerprint density at radius 1 is 1.41 bits per heavy atom. The Kier molecular flexibility index (Phi) is 7.73. The number of nitrogens with zero attached hydrogens (tertiary/aromatic N) is 1. The van der Waals surface area contributed by atoms with E-state index < -0.39 is 0 Å². The normalized spacial score (nSPS) is 18.1. The number of rotatable bonds is 10. The van der Waals surface area contributed by atoms with Gasteiger partial charge in [0.1, 0.15) is 6.29 Å². The highest BCUT2D eigenvalue weighted by molar-refractivity contribution is 6.03. The number of likely N-dealkylation sites (tertiary alicyclic amines) is 1. The van der Waals surface area contributed by atoms with Crippen LogP contribution in [-0.2, 0) is 23.9 Å². The van der Waals surface area contributed by atoms with Crippen molar-refractivity contribution in [2.24, 2.45) is 11.8 Å². The quantitative estimate of drug-likeness (QED) is 0.352. The lowest BCUT2D eigenvalue weighted by Gasteiger charge is -2.16. The summed E-state index contributed by atoms with van der Waals surface area (Å²) in [6.45, 7) is 4.96. The van der Waals surface area contributed by atoms with Crippen LogP contribution in [0.4, 0.5) is 0 Å². The second-order valence-corrected chi connectivity index (χ2v) is 5.61. The maximum Gasteiger partial charge on any atom is 0.233 e. The molecule has 0 spiro atoms. The zero-order valence-corrected chi connectivity index (χ0v) is 13.2. The molecule has 1 saturated heterocycles. The Morgan fingerprint density at radius 3 is 2.73 bits per heavy atom. The highest BCUT2D eigenvalue weighted by Gasteiger charge is 2.39. The number of hydrogen-bond donors (Lipinski definition) is 1. The fourth-order valence-electron chi connectivity index (χ4n) is 2.26. The van der Waals surface area contributed by atoms with Gasteiger partial charge in [-0.15, -0.1) is 0 Å². The minimum atomic E-state index is -0.262.